The molecule has 4 aliphatic rings. The van der Waals surface area contributed by atoms with Crippen LogP contribution >= 0.6 is 116 Å². The number of carbonyl (C=O) groups is 8. The van der Waals surface area contributed by atoms with E-state index in [1.807, 2.05) is 0 Å². The second kappa shape index (κ2) is 30.1. The number of aromatic hydroxyl groups is 4. The average Bonchev–Trinajstić information content (AvgIpc) is 1.00. The van der Waals surface area contributed by atoms with Gasteiger partial charge in [0.25, 0.3) is 23.6 Å². The third-order valence-electron chi connectivity index (χ3n) is 12.3. The summed E-state index contributed by atoms with van der Waals surface area (Å²) in [6, 6.07) is 2.47. The van der Waals surface area contributed by atoms with Crippen molar-refractivity contribution in [2.45, 2.75) is 31.2 Å². The molecule has 0 aliphatic carbocycles. The fraction of sp³-hybridized carbons (Fsp3) is 0.208. The first kappa shape index (κ1) is 71.4. The van der Waals surface area contributed by atoms with Crippen molar-refractivity contribution in [1.82, 2.24) is 30.4 Å². The van der Waals surface area contributed by atoms with Gasteiger partial charge < -0.3 is 82.2 Å². The topological polar surface area (TPSA) is 490 Å². The second-order valence-corrected chi connectivity index (χ2v) is 27.3. The average molecular weight is 1440 g/mol. The number of thioether (sulfide) groups is 4. The van der Waals surface area contributed by atoms with E-state index in [1.54, 1.807) is 0 Å². The molecule has 2 fully saturated rings. The number of aromatic nitrogens is 2. The SMILES string of the molecule is Nc1nc(/C(=N/OCC(=O)O)C(=O)N[C@@H]2C(=O)N3C(C(=O)[O-])=C(CSc4cc(=O)c5cc(O)c(O)c(Cl)c5s4)CS[C@H]23)cs1.Nc1nc(/C(=N/OCC(=O)O)C(=O)N[C@@H]2C(=O)N3C(C(=O)[O-])=C(CSc4cc(=O)c5cc(O)c(O)c(Cl)c5s4)CS[C@H]23)cs1.[Na+].[Na+]. The summed E-state index contributed by atoms with van der Waals surface area (Å²) in [5, 5.41) is 94.6. The van der Waals surface area contributed by atoms with Crippen LogP contribution in [0.2, 0.25) is 10.0 Å². The second-order valence-electron chi connectivity index (χ2n) is 17.9. The molecule has 4 aliphatic heterocycles. The molecule has 90 heavy (non-hydrogen) atoms. The van der Waals surface area contributed by atoms with Gasteiger partial charge in [-0.25, -0.2) is 19.6 Å². The number of phenols is 4. The minimum absolute atomic E-state index is 0. The number of thiazole rings is 2. The van der Waals surface area contributed by atoms with E-state index in [4.69, 9.17) is 44.9 Å². The number of nitrogens with two attached hydrogens (primary N) is 2. The van der Waals surface area contributed by atoms with Crippen molar-refractivity contribution in [3.8, 4) is 23.0 Å². The molecule has 2 saturated heterocycles. The number of oxime groups is 2. The number of nitrogens with one attached hydrogen (secondary N) is 2. The Bertz CT molecular complexity index is 4000. The molecule has 0 saturated carbocycles. The number of amides is 4. The van der Waals surface area contributed by atoms with Crippen molar-refractivity contribution in [2.24, 2.45) is 10.3 Å². The summed E-state index contributed by atoms with van der Waals surface area (Å²) in [7, 11) is 0. The van der Waals surface area contributed by atoms with Crippen LogP contribution in [0, 0.1) is 0 Å². The summed E-state index contributed by atoms with van der Waals surface area (Å²) >= 11 is 20.9. The van der Waals surface area contributed by atoms with Crippen LogP contribution in [0.4, 0.5) is 10.3 Å². The van der Waals surface area contributed by atoms with Crippen LogP contribution in [0.5, 0.6) is 23.0 Å². The van der Waals surface area contributed by atoms with Crippen molar-refractivity contribution in [3.63, 3.8) is 0 Å². The van der Waals surface area contributed by atoms with Gasteiger partial charge in [-0.3, -0.25) is 38.6 Å². The maximum absolute atomic E-state index is 13.1. The summed E-state index contributed by atoms with van der Waals surface area (Å²) in [6.45, 7) is -1.69. The van der Waals surface area contributed by atoms with Gasteiger partial charge in [0, 0.05) is 56.7 Å². The summed E-state index contributed by atoms with van der Waals surface area (Å²) in [4.78, 5) is 143. The third-order valence-corrected chi connectivity index (χ3v) is 22.1. The van der Waals surface area contributed by atoms with Crippen molar-refractivity contribution < 1.29 is 148 Å². The Balaban J connectivity index is 0.000000250. The zero-order valence-corrected chi connectivity index (χ0v) is 57.3. The zero-order chi connectivity index (χ0) is 63.7. The quantitative estimate of drug-likeness (QED) is 0.00852. The molecule has 2 aromatic carbocycles. The van der Waals surface area contributed by atoms with Crippen LogP contribution in [-0.4, -0.2) is 168 Å². The number of anilines is 2. The van der Waals surface area contributed by atoms with Crippen LogP contribution in [0.25, 0.3) is 20.2 Å². The van der Waals surface area contributed by atoms with E-state index in [-0.39, 0.29) is 145 Å². The molecule has 0 radical (unpaired) electrons. The number of fused-ring (bicyclic) bond motifs is 4. The number of hydrogen-bond donors (Lipinski definition) is 10. The number of carboxylic acid groups (broad SMARTS) is 4. The van der Waals surface area contributed by atoms with E-state index in [1.165, 1.54) is 46.4 Å². The van der Waals surface area contributed by atoms with Crippen molar-refractivity contribution in [3.05, 3.63) is 99.4 Å². The molecule has 42 heteroatoms. The van der Waals surface area contributed by atoms with Crippen molar-refractivity contribution >= 4 is 205 Å². The Morgan fingerprint density at radius 3 is 1.33 bits per heavy atom. The maximum atomic E-state index is 13.1. The van der Waals surface area contributed by atoms with E-state index in [2.05, 4.69) is 40.6 Å². The third kappa shape index (κ3) is 15.2. The van der Waals surface area contributed by atoms with Crippen molar-refractivity contribution in [1.29, 1.82) is 0 Å². The van der Waals surface area contributed by atoms with Gasteiger partial charge in [0.2, 0.25) is 13.2 Å². The normalized spacial score (nSPS) is 17.8. The smallest absolute Gasteiger partial charge is 0.543 e. The van der Waals surface area contributed by atoms with Gasteiger partial charge in [-0.1, -0.05) is 33.5 Å². The maximum Gasteiger partial charge on any atom is 1.00 e. The predicted octanol–water partition coefficient (Wildman–Crippen LogP) is -5.26. The minimum atomic E-state index is -1.61. The van der Waals surface area contributed by atoms with E-state index in [0.717, 1.165) is 90.8 Å². The number of aliphatic carboxylic acids is 4. The predicted molar refractivity (Wildman–Crippen MR) is 322 cm³/mol. The minimum Gasteiger partial charge on any atom is -0.543 e. The molecule has 4 atom stereocenters. The standard InChI is InChI=1S/2C24H18ClN5O10S4.2Na/c2*25-14-18(35)11(32)1-8-10(31)2-13(44-19(8)14)41-4-7-5-42-22-16(21(37)30(22)17(7)23(38)39)28-20(36)15(29-40-3-12(33)34)9-6-43-24(26)27-9;;/h2*1-2,6,16,22,32,35H,3-5H2,(H2,26,27)(H,28,36)(H,33,34)(H,38,39);;/q;;2*+1/p-2/b2*29-15-;;/t2*16-,22-;;/m11../s1. The van der Waals surface area contributed by atoms with Gasteiger partial charge in [-0.2, -0.15) is 0 Å². The van der Waals surface area contributed by atoms with Crippen LogP contribution in [0.3, 0.4) is 0 Å². The molecular formula is C48H34Cl2N10Na2O20S8. The fourth-order valence-corrected chi connectivity index (χ4v) is 17.5. The number of benzene rings is 2. The summed E-state index contributed by atoms with van der Waals surface area (Å²) in [5.41, 5.74) is 9.32. The number of hydrogen-bond acceptors (Lipinski definition) is 32. The molecule has 0 bridgehead atoms. The number of halogens is 2. The Labute approximate surface area is 588 Å². The first-order valence-electron chi connectivity index (χ1n) is 24.0. The molecule has 4 aromatic heterocycles. The number of phenolic OH excluding ortho intramolecular Hbond substituents is 4. The Morgan fingerprint density at radius 2 is 1.01 bits per heavy atom. The number of β-lactam (4-membered cyclic amide) rings is 2. The Hall–Kier alpha value is -6.08. The van der Waals surface area contributed by atoms with E-state index >= 15 is 0 Å². The fourth-order valence-electron chi connectivity index (χ4n) is 8.36. The van der Waals surface area contributed by atoms with Gasteiger partial charge in [-0.05, 0) is 23.3 Å². The monoisotopic (exact) mass is 1440 g/mol. The molecule has 460 valence electrons. The van der Waals surface area contributed by atoms with Gasteiger partial charge in [0.1, 0.15) is 44.3 Å². The molecular weight excluding hydrogens is 1410 g/mol. The molecule has 30 nitrogen and oxygen atoms in total. The van der Waals surface area contributed by atoms with Gasteiger partial charge >= 0.3 is 71.1 Å². The van der Waals surface area contributed by atoms with E-state index < -0.39 is 129 Å². The molecule has 12 N–H and O–H groups in total. The molecule has 4 amide bonds. The number of nitrogen functional groups attached to an aromatic ring is 2. The van der Waals surface area contributed by atoms with Crippen molar-refractivity contribution in [2.75, 3.05) is 47.7 Å². The van der Waals surface area contributed by atoms with Crippen LogP contribution in [0.15, 0.2) is 85.9 Å². The van der Waals surface area contributed by atoms with Crippen LogP contribution < -0.4 is 102 Å². The van der Waals surface area contributed by atoms with Gasteiger partial charge in [0.15, 0.2) is 55.5 Å². The molecule has 0 unspecified atom stereocenters. The molecule has 0 spiro atoms. The largest absolute Gasteiger partial charge is 1.00 e. The number of nitrogens with zero attached hydrogens (tertiary/aromatic N) is 6. The first-order chi connectivity index (χ1) is 41.7. The zero-order valence-electron chi connectivity index (χ0n) is 45.3. The number of rotatable bonds is 20. The Kier molecular flexibility index (Phi) is 23.9. The first-order valence-corrected chi connectivity index (χ1v) is 32.2. The number of carboxylic acids is 4. The summed E-state index contributed by atoms with van der Waals surface area (Å²) in [5.74, 6) is -11.1. The summed E-state index contributed by atoms with van der Waals surface area (Å²) in [6.07, 6.45) is 0. The van der Waals surface area contributed by atoms with Crippen LogP contribution in [-0.2, 0) is 48.0 Å². The van der Waals surface area contributed by atoms with Gasteiger partial charge in [0.05, 0.1) is 41.2 Å². The van der Waals surface area contributed by atoms with Crippen LogP contribution in [0.1, 0.15) is 11.4 Å². The molecule has 6 aromatic rings. The van der Waals surface area contributed by atoms with E-state index in [0.29, 0.717) is 19.6 Å². The molecule has 10 rings (SSSR count). The van der Waals surface area contributed by atoms with Gasteiger partial charge in [-0.15, -0.1) is 92.4 Å². The molecule has 8 heterocycles. The number of carbonyl (C=O) groups excluding carboxylic acids is 6. The Morgan fingerprint density at radius 1 is 0.644 bits per heavy atom. The summed E-state index contributed by atoms with van der Waals surface area (Å²) < 4.78 is 1.34. The van der Waals surface area contributed by atoms with E-state index in [9.17, 15) is 78.6 Å².